The number of rotatable bonds is 10. The fourth-order valence-electron chi connectivity index (χ4n) is 2.29. The molecule has 0 aromatic heterocycles. The van der Waals surface area contributed by atoms with Gasteiger partial charge >= 0.3 is 0 Å². The summed E-state index contributed by atoms with van der Waals surface area (Å²) in [5.74, 6) is 0.781. The van der Waals surface area contributed by atoms with Crippen LogP contribution in [-0.2, 0) is 4.74 Å². The van der Waals surface area contributed by atoms with Crippen molar-refractivity contribution in [2.24, 2.45) is 10.2 Å². The van der Waals surface area contributed by atoms with Crippen molar-refractivity contribution in [1.82, 2.24) is 0 Å². The molecule has 0 radical (unpaired) electrons. The number of aliphatic hydroxyl groups excluding tert-OH is 1. The lowest BCUT2D eigenvalue weighted by atomic mass is 10.2. The quantitative estimate of drug-likeness (QED) is 0.524. The molecule has 2 rings (SSSR count). The number of likely N-dealkylation sites (N-methyl/N-ethyl adjacent to an activating group) is 1. The Morgan fingerprint density at radius 2 is 1.52 bits per heavy atom. The van der Waals surface area contributed by atoms with E-state index in [1.165, 1.54) is 0 Å². The van der Waals surface area contributed by atoms with Gasteiger partial charge in [0.05, 0.1) is 24.6 Å². The van der Waals surface area contributed by atoms with Gasteiger partial charge in [-0.15, -0.1) is 0 Å². The van der Waals surface area contributed by atoms with Crippen LogP contribution in [0, 0.1) is 0 Å². The lowest BCUT2D eigenvalue weighted by Gasteiger charge is -2.21. The summed E-state index contributed by atoms with van der Waals surface area (Å²) >= 11 is 0. The molecule has 6 heteroatoms. The van der Waals surface area contributed by atoms with Crippen LogP contribution >= 0.6 is 0 Å². The van der Waals surface area contributed by atoms with Crippen molar-refractivity contribution in [2.45, 2.75) is 6.92 Å². The zero-order valence-electron chi connectivity index (χ0n) is 14.8. The monoisotopic (exact) mass is 343 g/mol. The van der Waals surface area contributed by atoms with Crippen molar-refractivity contribution in [1.29, 1.82) is 0 Å². The van der Waals surface area contributed by atoms with Gasteiger partial charge in [-0.1, -0.05) is 0 Å². The molecule has 0 aliphatic heterocycles. The highest BCUT2D eigenvalue weighted by molar-refractivity contribution is 5.53. The van der Waals surface area contributed by atoms with Gasteiger partial charge in [-0.3, -0.25) is 0 Å². The van der Waals surface area contributed by atoms with Crippen molar-refractivity contribution in [3.63, 3.8) is 0 Å². The van der Waals surface area contributed by atoms with E-state index >= 15 is 0 Å². The minimum absolute atomic E-state index is 0.139. The fourth-order valence-corrected chi connectivity index (χ4v) is 2.29. The van der Waals surface area contributed by atoms with Crippen LogP contribution in [0.2, 0.25) is 0 Å². The molecule has 0 fully saturated rings. The zero-order chi connectivity index (χ0) is 17.9. The summed E-state index contributed by atoms with van der Waals surface area (Å²) in [4.78, 5) is 2.10. The maximum absolute atomic E-state index is 9.08. The number of hydrogen-bond acceptors (Lipinski definition) is 6. The molecule has 0 unspecified atom stereocenters. The van der Waals surface area contributed by atoms with Gasteiger partial charge in [-0.2, -0.15) is 10.2 Å². The van der Waals surface area contributed by atoms with E-state index in [4.69, 9.17) is 14.6 Å². The normalized spacial score (nSPS) is 11.0. The van der Waals surface area contributed by atoms with Crippen molar-refractivity contribution in [2.75, 3.05) is 44.9 Å². The van der Waals surface area contributed by atoms with Gasteiger partial charge in [0.25, 0.3) is 0 Å². The van der Waals surface area contributed by atoms with Crippen LogP contribution in [0.3, 0.4) is 0 Å². The van der Waals surface area contributed by atoms with E-state index < -0.39 is 0 Å². The van der Waals surface area contributed by atoms with Gasteiger partial charge in [0.15, 0.2) is 0 Å². The number of aliphatic hydroxyl groups is 1. The smallest absolute Gasteiger partial charge is 0.119 e. The number of anilines is 1. The summed E-state index contributed by atoms with van der Waals surface area (Å²) in [6, 6.07) is 15.3. The molecule has 2 aromatic rings. The van der Waals surface area contributed by atoms with Gasteiger partial charge in [0, 0.05) is 25.9 Å². The SMILES string of the molecule is CCN(CCO)c1ccc(/N=N/c2ccc(OCCOC)cc2)cc1. The number of nitrogens with zero attached hydrogens (tertiary/aromatic N) is 3. The van der Waals surface area contributed by atoms with E-state index in [2.05, 4.69) is 22.1 Å². The van der Waals surface area contributed by atoms with Gasteiger partial charge in [-0.25, -0.2) is 0 Å². The topological polar surface area (TPSA) is 66.7 Å². The molecule has 0 heterocycles. The van der Waals surface area contributed by atoms with Gasteiger partial charge in [-0.05, 0) is 55.5 Å². The largest absolute Gasteiger partial charge is 0.491 e. The second-order valence-electron chi connectivity index (χ2n) is 5.35. The van der Waals surface area contributed by atoms with Crippen LogP contribution in [0.25, 0.3) is 0 Å². The van der Waals surface area contributed by atoms with Crippen LogP contribution < -0.4 is 9.64 Å². The minimum Gasteiger partial charge on any atom is -0.491 e. The second kappa shape index (κ2) is 10.4. The molecule has 0 spiro atoms. The predicted octanol–water partition coefficient (Wildman–Crippen LogP) is 3.95. The third-order valence-electron chi connectivity index (χ3n) is 3.64. The first-order valence-corrected chi connectivity index (χ1v) is 8.36. The third-order valence-corrected chi connectivity index (χ3v) is 3.64. The molecule has 0 saturated carbocycles. The Kier molecular flexibility index (Phi) is 7.88. The molecule has 2 aromatic carbocycles. The van der Waals surface area contributed by atoms with Gasteiger partial charge in [0.1, 0.15) is 12.4 Å². The average Bonchev–Trinajstić information content (AvgIpc) is 2.66. The number of ether oxygens (including phenoxy) is 2. The van der Waals surface area contributed by atoms with E-state index in [1.54, 1.807) is 7.11 Å². The number of methoxy groups -OCH3 is 1. The summed E-state index contributed by atoms with van der Waals surface area (Å²) in [6.45, 7) is 4.75. The Morgan fingerprint density at radius 1 is 0.920 bits per heavy atom. The van der Waals surface area contributed by atoms with E-state index in [9.17, 15) is 0 Å². The Balaban J connectivity index is 1.94. The van der Waals surface area contributed by atoms with Crippen molar-refractivity contribution >= 4 is 17.1 Å². The second-order valence-corrected chi connectivity index (χ2v) is 5.35. The first kappa shape index (κ1) is 18.9. The highest BCUT2D eigenvalue weighted by Crippen LogP contribution is 2.23. The Labute approximate surface area is 148 Å². The molecular formula is C19H25N3O3. The van der Waals surface area contributed by atoms with Crippen molar-refractivity contribution < 1.29 is 14.6 Å². The maximum atomic E-state index is 9.08. The molecule has 0 bridgehead atoms. The number of benzene rings is 2. The summed E-state index contributed by atoms with van der Waals surface area (Å²) in [5, 5.41) is 17.6. The van der Waals surface area contributed by atoms with E-state index in [1.807, 2.05) is 48.5 Å². The molecule has 6 nitrogen and oxygen atoms in total. The van der Waals surface area contributed by atoms with Crippen LogP contribution in [-0.4, -0.2) is 45.1 Å². The Hall–Kier alpha value is -2.44. The Morgan fingerprint density at radius 3 is 2.04 bits per heavy atom. The number of azo groups is 1. The predicted molar refractivity (Wildman–Crippen MR) is 99.4 cm³/mol. The molecule has 25 heavy (non-hydrogen) atoms. The first-order chi connectivity index (χ1) is 12.3. The van der Waals surface area contributed by atoms with Gasteiger partial charge < -0.3 is 19.5 Å². The number of hydrogen-bond donors (Lipinski definition) is 1. The molecule has 0 aliphatic rings. The standard InChI is InChI=1S/C19H25N3O3/c1-3-22(12-13-23)18-8-4-16(5-9-18)20-21-17-6-10-19(11-7-17)25-15-14-24-2/h4-11,23H,3,12-15H2,1-2H3/b21-20+. The Bertz CT molecular complexity index is 642. The maximum Gasteiger partial charge on any atom is 0.119 e. The molecular weight excluding hydrogens is 318 g/mol. The van der Waals surface area contributed by atoms with E-state index in [-0.39, 0.29) is 6.61 Å². The first-order valence-electron chi connectivity index (χ1n) is 8.36. The van der Waals surface area contributed by atoms with E-state index in [0.717, 1.165) is 29.4 Å². The lowest BCUT2D eigenvalue weighted by Crippen LogP contribution is -2.25. The average molecular weight is 343 g/mol. The molecule has 0 atom stereocenters. The van der Waals surface area contributed by atoms with Crippen LogP contribution in [0.1, 0.15) is 6.92 Å². The molecule has 134 valence electrons. The summed E-state index contributed by atoms with van der Waals surface area (Å²) < 4.78 is 10.5. The highest BCUT2D eigenvalue weighted by atomic mass is 16.5. The van der Waals surface area contributed by atoms with Gasteiger partial charge in [0.2, 0.25) is 0 Å². The molecule has 0 amide bonds. The zero-order valence-corrected chi connectivity index (χ0v) is 14.8. The summed E-state index contributed by atoms with van der Waals surface area (Å²) in [7, 11) is 1.64. The van der Waals surface area contributed by atoms with Crippen LogP contribution in [0.5, 0.6) is 5.75 Å². The highest BCUT2D eigenvalue weighted by Gasteiger charge is 2.03. The van der Waals surface area contributed by atoms with Crippen LogP contribution in [0.15, 0.2) is 58.8 Å². The minimum atomic E-state index is 0.139. The van der Waals surface area contributed by atoms with Crippen molar-refractivity contribution in [3.05, 3.63) is 48.5 Å². The van der Waals surface area contributed by atoms with E-state index in [0.29, 0.717) is 19.8 Å². The lowest BCUT2D eigenvalue weighted by molar-refractivity contribution is 0.146. The third kappa shape index (κ3) is 6.17. The molecule has 0 saturated heterocycles. The van der Waals surface area contributed by atoms with Crippen molar-refractivity contribution in [3.8, 4) is 5.75 Å². The summed E-state index contributed by atoms with van der Waals surface area (Å²) in [5.41, 5.74) is 2.61. The summed E-state index contributed by atoms with van der Waals surface area (Å²) in [6.07, 6.45) is 0. The fraction of sp³-hybridized carbons (Fsp3) is 0.368. The molecule has 1 N–H and O–H groups in total. The van der Waals surface area contributed by atoms with Crippen LogP contribution in [0.4, 0.5) is 17.1 Å². The molecule has 0 aliphatic carbocycles.